The van der Waals surface area contributed by atoms with Gasteiger partial charge in [0.25, 0.3) is 5.91 Å². The molecule has 0 spiro atoms. The molecule has 0 fully saturated rings. The number of halogens is 1. The third-order valence-corrected chi connectivity index (χ3v) is 2.91. The Hall–Kier alpha value is -0.870. The number of nitrogens with zero attached hydrogens (tertiary/aromatic N) is 1. The average molecular weight is 286 g/mol. The normalized spacial score (nSPS) is 12.2. The lowest BCUT2D eigenvalue weighted by molar-refractivity contribution is -0.137. The number of hydrogen-bond donors (Lipinski definition) is 1. The standard InChI is InChI=1S/C12H16BrNO2/c1-9(15)12(16)14(2)8-7-10-3-5-11(13)6-4-10/h3-6,9,15H,7-8H2,1-2H3. The molecule has 1 N–H and O–H groups in total. The van der Waals surface area contributed by atoms with E-state index < -0.39 is 6.10 Å². The summed E-state index contributed by atoms with van der Waals surface area (Å²) < 4.78 is 1.05. The summed E-state index contributed by atoms with van der Waals surface area (Å²) in [7, 11) is 1.70. The number of aliphatic hydroxyl groups excluding tert-OH is 1. The molecule has 1 atom stereocenters. The minimum Gasteiger partial charge on any atom is -0.384 e. The van der Waals surface area contributed by atoms with Crippen molar-refractivity contribution in [1.82, 2.24) is 4.90 Å². The maximum atomic E-state index is 11.4. The van der Waals surface area contributed by atoms with Gasteiger partial charge < -0.3 is 10.0 Å². The molecule has 0 aliphatic rings. The SMILES string of the molecule is CC(O)C(=O)N(C)CCc1ccc(Br)cc1. The van der Waals surface area contributed by atoms with Gasteiger partial charge in [0, 0.05) is 18.1 Å². The Balaban J connectivity index is 2.45. The van der Waals surface area contributed by atoms with Crippen molar-refractivity contribution in [1.29, 1.82) is 0 Å². The van der Waals surface area contributed by atoms with Gasteiger partial charge in [0.15, 0.2) is 0 Å². The second-order valence-electron chi connectivity index (χ2n) is 3.81. The van der Waals surface area contributed by atoms with Gasteiger partial charge in [-0.3, -0.25) is 4.79 Å². The largest absolute Gasteiger partial charge is 0.384 e. The average Bonchev–Trinajstić information content (AvgIpc) is 2.26. The summed E-state index contributed by atoms with van der Waals surface area (Å²) in [5.74, 6) is -0.239. The molecule has 16 heavy (non-hydrogen) atoms. The smallest absolute Gasteiger partial charge is 0.250 e. The van der Waals surface area contributed by atoms with Gasteiger partial charge in [0.2, 0.25) is 0 Å². The molecule has 1 unspecified atom stereocenters. The van der Waals surface area contributed by atoms with Gasteiger partial charge in [0.05, 0.1) is 0 Å². The molecule has 0 aliphatic heterocycles. The Labute approximate surface area is 104 Å². The number of likely N-dealkylation sites (N-methyl/N-ethyl adjacent to an activating group) is 1. The highest BCUT2D eigenvalue weighted by atomic mass is 79.9. The van der Waals surface area contributed by atoms with Crippen molar-refractivity contribution in [3.8, 4) is 0 Å². The molecular formula is C12H16BrNO2. The van der Waals surface area contributed by atoms with E-state index in [-0.39, 0.29) is 5.91 Å². The van der Waals surface area contributed by atoms with E-state index in [2.05, 4.69) is 15.9 Å². The van der Waals surface area contributed by atoms with E-state index >= 15 is 0 Å². The first kappa shape index (κ1) is 13.2. The van der Waals surface area contributed by atoms with E-state index in [1.165, 1.54) is 12.5 Å². The van der Waals surface area contributed by atoms with Crippen LogP contribution in [0.4, 0.5) is 0 Å². The fourth-order valence-electron chi connectivity index (χ4n) is 1.38. The van der Waals surface area contributed by atoms with E-state index in [4.69, 9.17) is 5.11 Å². The molecule has 1 aromatic carbocycles. The molecule has 0 aromatic heterocycles. The van der Waals surface area contributed by atoms with Crippen molar-refractivity contribution < 1.29 is 9.90 Å². The summed E-state index contributed by atoms with van der Waals surface area (Å²) in [6, 6.07) is 7.99. The molecule has 88 valence electrons. The first-order chi connectivity index (χ1) is 7.50. The van der Waals surface area contributed by atoms with Crippen molar-refractivity contribution in [3.05, 3.63) is 34.3 Å². The van der Waals surface area contributed by atoms with Crippen LogP contribution in [0.3, 0.4) is 0 Å². The van der Waals surface area contributed by atoms with E-state index in [1.54, 1.807) is 11.9 Å². The van der Waals surface area contributed by atoms with Crippen LogP contribution in [0, 0.1) is 0 Å². The van der Waals surface area contributed by atoms with Crippen molar-refractivity contribution in [2.75, 3.05) is 13.6 Å². The van der Waals surface area contributed by atoms with Crippen LogP contribution >= 0.6 is 15.9 Å². The highest BCUT2D eigenvalue weighted by Crippen LogP contribution is 2.11. The van der Waals surface area contributed by atoms with Crippen molar-refractivity contribution >= 4 is 21.8 Å². The lowest BCUT2D eigenvalue weighted by Gasteiger charge is -2.18. The van der Waals surface area contributed by atoms with E-state index in [0.29, 0.717) is 6.54 Å². The zero-order valence-electron chi connectivity index (χ0n) is 9.48. The molecule has 0 saturated heterocycles. The molecule has 0 saturated carbocycles. The number of amides is 1. The van der Waals surface area contributed by atoms with Gasteiger partial charge in [-0.1, -0.05) is 28.1 Å². The summed E-state index contributed by atoms with van der Waals surface area (Å²) in [5.41, 5.74) is 1.17. The summed E-state index contributed by atoms with van der Waals surface area (Å²) >= 11 is 3.37. The van der Waals surface area contributed by atoms with Gasteiger partial charge in [-0.05, 0) is 31.0 Å². The molecule has 0 bridgehead atoms. The Bertz CT molecular complexity index is 349. The fraction of sp³-hybridized carbons (Fsp3) is 0.417. The Morgan fingerprint density at radius 1 is 1.44 bits per heavy atom. The maximum Gasteiger partial charge on any atom is 0.250 e. The lowest BCUT2D eigenvalue weighted by atomic mass is 10.1. The molecule has 0 heterocycles. The number of aliphatic hydroxyl groups is 1. The van der Waals surface area contributed by atoms with Gasteiger partial charge in [-0.25, -0.2) is 0 Å². The van der Waals surface area contributed by atoms with Crippen LogP contribution in [0.25, 0.3) is 0 Å². The van der Waals surface area contributed by atoms with Gasteiger partial charge in [-0.15, -0.1) is 0 Å². The lowest BCUT2D eigenvalue weighted by Crippen LogP contribution is -2.35. The van der Waals surface area contributed by atoms with Crippen LogP contribution in [0.5, 0.6) is 0 Å². The van der Waals surface area contributed by atoms with Crippen molar-refractivity contribution in [3.63, 3.8) is 0 Å². The van der Waals surface area contributed by atoms with Crippen LogP contribution in [-0.4, -0.2) is 35.6 Å². The summed E-state index contributed by atoms with van der Waals surface area (Å²) in [6.07, 6.45) is -0.127. The van der Waals surface area contributed by atoms with Crippen LogP contribution in [0.2, 0.25) is 0 Å². The highest BCUT2D eigenvalue weighted by Gasteiger charge is 2.13. The maximum absolute atomic E-state index is 11.4. The predicted octanol–water partition coefficient (Wildman–Crippen LogP) is 1.83. The van der Waals surface area contributed by atoms with Crippen molar-refractivity contribution in [2.45, 2.75) is 19.4 Å². The van der Waals surface area contributed by atoms with Crippen LogP contribution in [0.1, 0.15) is 12.5 Å². The predicted molar refractivity (Wildman–Crippen MR) is 67.2 cm³/mol. The Kier molecular flexibility index (Phi) is 4.96. The molecule has 4 heteroatoms. The molecule has 0 aliphatic carbocycles. The second kappa shape index (κ2) is 6.01. The monoisotopic (exact) mass is 285 g/mol. The molecule has 3 nitrogen and oxygen atoms in total. The van der Waals surface area contributed by atoms with Crippen LogP contribution in [-0.2, 0) is 11.2 Å². The zero-order valence-corrected chi connectivity index (χ0v) is 11.1. The summed E-state index contributed by atoms with van der Waals surface area (Å²) in [5, 5.41) is 9.13. The third-order valence-electron chi connectivity index (χ3n) is 2.38. The first-order valence-electron chi connectivity index (χ1n) is 5.18. The number of carbonyl (C=O) groups is 1. The molecule has 1 amide bonds. The quantitative estimate of drug-likeness (QED) is 0.917. The summed E-state index contributed by atoms with van der Waals surface area (Å²) in [4.78, 5) is 12.9. The van der Waals surface area contributed by atoms with Crippen molar-refractivity contribution in [2.24, 2.45) is 0 Å². The van der Waals surface area contributed by atoms with Gasteiger partial charge in [-0.2, -0.15) is 0 Å². The molecule has 0 radical (unpaired) electrons. The highest BCUT2D eigenvalue weighted by molar-refractivity contribution is 9.10. The molecule has 1 rings (SSSR count). The van der Waals surface area contributed by atoms with E-state index in [0.717, 1.165) is 10.9 Å². The fourth-order valence-corrected chi connectivity index (χ4v) is 1.64. The summed E-state index contributed by atoms with van der Waals surface area (Å²) in [6.45, 7) is 2.10. The second-order valence-corrected chi connectivity index (χ2v) is 4.73. The molecule has 1 aromatic rings. The third kappa shape index (κ3) is 3.94. The van der Waals surface area contributed by atoms with Crippen LogP contribution in [0.15, 0.2) is 28.7 Å². The Morgan fingerprint density at radius 3 is 2.50 bits per heavy atom. The Morgan fingerprint density at radius 2 is 2.00 bits per heavy atom. The molecular weight excluding hydrogens is 270 g/mol. The minimum atomic E-state index is -0.921. The number of hydrogen-bond acceptors (Lipinski definition) is 2. The first-order valence-corrected chi connectivity index (χ1v) is 5.97. The van der Waals surface area contributed by atoms with Gasteiger partial charge >= 0.3 is 0 Å². The van der Waals surface area contributed by atoms with E-state index in [1.807, 2.05) is 24.3 Å². The zero-order chi connectivity index (χ0) is 12.1. The van der Waals surface area contributed by atoms with Gasteiger partial charge in [0.1, 0.15) is 6.10 Å². The topological polar surface area (TPSA) is 40.5 Å². The van der Waals surface area contributed by atoms with E-state index in [9.17, 15) is 4.79 Å². The van der Waals surface area contributed by atoms with Crippen LogP contribution < -0.4 is 0 Å². The minimum absolute atomic E-state index is 0.239. The number of benzene rings is 1. The number of carbonyl (C=O) groups excluding carboxylic acids is 1. The number of rotatable bonds is 4.